The van der Waals surface area contributed by atoms with Crippen LogP contribution in [0.15, 0.2) is 30.3 Å². The number of phenols is 1. The molecule has 3 heteroatoms. The molecule has 0 bridgehead atoms. The van der Waals surface area contributed by atoms with Crippen LogP contribution >= 0.6 is 0 Å². The molecule has 0 atom stereocenters. The van der Waals surface area contributed by atoms with Gasteiger partial charge in [-0.15, -0.1) is 0 Å². The van der Waals surface area contributed by atoms with E-state index in [9.17, 15) is 5.11 Å². The van der Waals surface area contributed by atoms with Crippen LogP contribution in [0.25, 0.3) is 11.1 Å². The van der Waals surface area contributed by atoms with Crippen LogP contribution in [0.2, 0.25) is 0 Å². The maximum atomic E-state index is 10.0. The molecule has 1 N–H and O–H groups in total. The minimum Gasteiger partial charge on any atom is -0.507 e. The quantitative estimate of drug-likeness (QED) is 0.912. The molecule has 2 rings (SSSR count). The summed E-state index contributed by atoms with van der Waals surface area (Å²) >= 11 is 0. The van der Waals surface area contributed by atoms with Crippen molar-refractivity contribution in [3.05, 3.63) is 41.5 Å². The maximum absolute atomic E-state index is 10.0. The number of hydrogen-bond donors (Lipinski definition) is 1. The largest absolute Gasteiger partial charge is 0.507 e. The van der Waals surface area contributed by atoms with E-state index < -0.39 is 0 Å². The molecule has 0 aromatic heterocycles. The second-order valence-corrected chi connectivity index (χ2v) is 4.52. The van der Waals surface area contributed by atoms with Crippen molar-refractivity contribution in [1.29, 1.82) is 0 Å². The fraction of sp³-hybridized carbons (Fsp3) is 0.250. The summed E-state index contributed by atoms with van der Waals surface area (Å²) in [6, 6.07) is 9.22. The number of hydrogen-bond acceptors (Lipinski definition) is 3. The van der Waals surface area contributed by atoms with Gasteiger partial charge in [0.15, 0.2) is 0 Å². The van der Waals surface area contributed by atoms with Crippen molar-refractivity contribution in [3.8, 4) is 28.4 Å². The van der Waals surface area contributed by atoms with Crippen molar-refractivity contribution in [2.24, 2.45) is 0 Å². The SMILES string of the molecule is COc1ccc(O)c(-c2cc(C)c(OC)cc2C)c1. The number of rotatable bonds is 3. The van der Waals surface area contributed by atoms with Gasteiger partial charge in [0, 0.05) is 5.56 Å². The third-order valence-electron chi connectivity index (χ3n) is 3.24. The predicted octanol–water partition coefficient (Wildman–Crippen LogP) is 3.69. The van der Waals surface area contributed by atoms with Crippen LogP contribution in [-0.2, 0) is 0 Å². The Morgan fingerprint density at radius 2 is 1.58 bits per heavy atom. The normalized spacial score (nSPS) is 10.3. The van der Waals surface area contributed by atoms with E-state index in [4.69, 9.17) is 9.47 Å². The van der Waals surface area contributed by atoms with Crippen molar-refractivity contribution in [3.63, 3.8) is 0 Å². The van der Waals surface area contributed by atoms with Gasteiger partial charge in [0.1, 0.15) is 17.2 Å². The van der Waals surface area contributed by atoms with E-state index in [-0.39, 0.29) is 5.75 Å². The molecule has 0 amide bonds. The molecule has 0 radical (unpaired) electrons. The van der Waals surface area contributed by atoms with Crippen LogP contribution in [-0.4, -0.2) is 19.3 Å². The van der Waals surface area contributed by atoms with Gasteiger partial charge in [0.05, 0.1) is 14.2 Å². The lowest BCUT2D eigenvalue weighted by atomic mass is 9.97. The first-order chi connectivity index (χ1) is 9.06. The number of methoxy groups -OCH3 is 2. The van der Waals surface area contributed by atoms with E-state index in [0.717, 1.165) is 33.8 Å². The molecular formula is C16H18O3. The summed E-state index contributed by atoms with van der Waals surface area (Å²) in [6.45, 7) is 3.98. The van der Waals surface area contributed by atoms with Gasteiger partial charge in [0.2, 0.25) is 0 Å². The molecule has 2 aromatic carbocycles. The third kappa shape index (κ3) is 2.50. The van der Waals surface area contributed by atoms with Gasteiger partial charge in [-0.05, 0) is 60.9 Å². The van der Waals surface area contributed by atoms with E-state index in [1.807, 2.05) is 32.0 Å². The number of phenolic OH excluding ortho intramolecular Hbond substituents is 1. The molecule has 0 aliphatic carbocycles. The highest BCUT2D eigenvalue weighted by atomic mass is 16.5. The standard InChI is InChI=1S/C16H18O3/c1-10-8-16(19-4)11(2)7-13(10)14-9-12(18-3)5-6-15(14)17/h5-9,17H,1-4H3. The smallest absolute Gasteiger partial charge is 0.123 e. The van der Waals surface area contributed by atoms with Gasteiger partial charge < -0.3 is 14.6 Å². The Hall–Kier alpha value is -2.16. The summed E-state index contributed by atoms with van der Waals surface area (Å²) in [5.74, 6) is 1.82. The summed E-state index contributed by atoms with van der Waals surface area (Å²) in [4.78, 5) is 0. The van der Waals surface area contributed by atoms with Crippen LogP contribution in [0.1, 0.15) is 11.1 Å². The predicted molar refractivity (Wildman–Crippen MR) is 76.1 cm³/mol. The summed E-state index contributed by atoms with van der Waals surface area (Å²) in [6.07, 6.45) is 0. The second kappa shape index (κ2) is 5.22. The molecule has 0 heterocycles. The number of aryl methyl sites for hydroxylation is 2. The van der Waals surface area contributed by atoms with Crippen molar-refractivity contribution in [2.75, 3.05) is 14.2 Å². The Morgan fingerprint density at radius 3 is 2.21 bits per heavy atom. The maximum Gasteiger partial charge on any atom is 0.123 e. The lowest BCUT2D eigenvalue weighted by molar-refractivity contribution is 0.411. The minimum absolute atomic E-state index is 0.244. The average Bonchev–Trinajstić information content (AvgIpc) is 2.41. The Labute approximate surface area is 113 Å². The van der Waals surface area contributed by atoms with E-state index in [0.29, 0.717) is 0 Å². The van der Waals surface area contributed by atoms with Crippen LogP contribution in [0.5, 0.6) is 17.2 Å². The topological polar surface area (TPSA) is 38.7 Å². The molecule has 0 unspecified atom stereocenters. The molecule has 0 aliphatic heterocycles. The fourth-order valence-corrected chi connectivity index (χ4v) is 2.16. The Morgan fingerprint density at radius 1 is 0.842 bits per heavy atom. The monoisotopic (exact) mass is 258 g/mol. The first kappa shape index (κ1) is 13.3. The highest BCUT2D eigenvalue weighted by molar-refractivity contribution is 5.75. The molecule has 19 heavy (non-hydrogen) atoms. The van der Waals surface area contributed by atoms with Crippen LogP contribution < -0.4 is 9.47 Å². The molecule has 0 aliphatic rings. The Balaban J connectivity index is 2.61. The highest BCUT2D eigenvalue weighted by Gasteiger charge is 2.11. The molecular weight excluding hydrogens is 240 g/mol. The van der Waals surface area contributed by atoms with Gasteiger partial charge in [0.25, 0.3) is 0 Å². The van der Waals surface area contributed by atoms with Crippen LogP contribution in [0.3, 0.4) is 0 Å². The summed E-state index contributed by atoms with van der Waals surface area (Å²) in [5.41, 5.74) is 3.83. The lowest BCUT2D eigenvalue weighted by Gasteiger charge is -2.13. The number of ether oxygens (including phenoxy) is 2. The molecule has 2 aromatic rings. The fourth-order valence-electron chi connectivity index (χ4n) is 2.16. The van der Waals surface area contributed by atoms with Crippen LogP contribution in [0, 0.1) is 13.8 Å². The summed E-state index contributed by atoms with van der Waals surface area (Å²) in [5, 5.41) is 10.0. The van der Waals surface area contributed by atoms with Gasteiger partial charge in [-0.3, -0.25) is 0 Å². The van der Waals surface area contributed by atoms with E-state index >= 15 is 0 Å². The van der Waals surface area contributed by atoms with Crippen LogP contribution in [0.4, 0.5) is 0 Å². The highest BCUT2D eigenvalue weighted by Crippen LogP contribution is 2.37. The summed E-state index contributed by atoms with van der Waals surface area (Å²) in [7, 11) is 3.27. The van der Waals surface area contributed by atoms with Gasteiger partial charge in [-0.25, -0.2) is 0 Å². The average molecular weight is 258 g/mol. The number of aromatic hydroxyl groups is 1. The zero-order chi connectivity index (χ0) is 14.0. The Bertz CT molecular complexity index is 603. The second-order valence-electron chi connectivity index (χ2n) is 4.52. The molecule has 0 saturated heterocycles. The van der Waals surface area contributed by atoms with Gasteiger partial charge in [-0.1, -0.05) is 0 Å². The summed E-state index contributed by atoms with van der Waals surface area (Å²) < 4.78 is 10.5. The first-order valence-corrected chi connectivity index (χ1v) is 6.09. The molecule has 0 fully saturated rings. The van der Waals surface area contributed by atoms with Crippen molar-refractivity contribution < 1.29 is 14.6 Å². The molecule has 0 spiro atoms. The molecule has 3 nitrogen and oxygen atoms in total. The Kier molecular flexibility index (Phi) is 3.65. The zero-order valence-electron chi connectivity index (χ0n) is 11.7. The van der Waals surface area contributed by atoms with Gasteiger partial charge >= 0.3 is 0 Å². The van der Waals surface area contributed by atoms with Crippen molar-refractivity contribution in [1.82, 2.24) is 0 Å². The van der Waals surface area contributed by atoms with Crippen molar-refractivity contribution in [2.45, 2.75) is 13.8 Å². The zero-order valence-corrected chi connectivity index (χ0v) is 11.7. The van der Waals surface area contributed by atoms with Crippen molar-refractivity contribution >= 4 is 0 Å². The van der Waals surface area contributed by atoms with E-state index in [1.165, 1.54) is 0 Å². The number of benzene rings is 2. The first-order valence-electron chi connectivity index (χ1n) is 6.09. The molecule has 0 saturated carbocycles. The van der Waals surface area contributed by atoms with E-state index in [2.05, 4.69) is 0 Å². The van der Waals surface area contributed by atoms with E-state index in [1.54, 1.807) is 26.4 Å². The molecule has 100 valence electrons. The third-order valence-corrected chi connectivity index (χ3v) is 3.24. The lowest BCUT2D eigenvalue weighted by Crippen LogP contribution is -1.92. The van der Waals surface area contributed by atoms with Gasteiger partial charge in [-0.2, -0.15) is 0 Å². The minimum atomic E-state index is 0.244.